The number of H-pyrrole nitrogens is 1. The van der Waals surface area contributed by atoms with E-state index < -0.39 is 5.97 Å². The largest absolute Gasteiger partial charge is 0.465 e. The van der Waals surface area contributed by atoms with Crippen molar-refractivity contribution in [2.45, 2.75) is 26.8 Å². The summed E-state index contributed by atoms with van der Waals surface area (Å²) in [5.41, 5.74) is 2.29. The predicted molar refractivity (Wildman–Crippen MR) is 115 cm³/mol. The van der Waals surface area contributed by atoms with Gasteiger partial charge < -0.3 is 19.1 Å². The zero-order chi connectivity index (χ0) is 22.0. The molecule has 3 aromatic heterocycles. The van der Waals surface area contributed by atoms with Crippen LogP contribution in [-0.4, -0.2) is 70.1 Å². The molecule has 3 aromatic rings. The topological polar surface area (TPSA) is 105 Å². The monoisotopic (exact) mass is 443 g/mol. The molecular formula is C21H25N5O4S. The second-order valence-corrected chi connectivity index (χ2v) is 8.33. The summed E-state index contributed by atoms with van der Waals surface area (Å²) < 4.78 is 10.3. The van der Waals surface area contributed by atoms with E-state index in [1.54, 1.807) is 23.2 Å². The third-order valence-electron chi connectivity index (χ3n) is 5.51. The van der Waals surface area contributed by atoms with Gasteiger partial charge in [-0.25, -0.2) is 4.79 Å². The van der Waals surface area contributed by atoms with Crippen molar-refractivity contribution in [2.75, 3.05) is 33.3 Å². The van der Waals surface area contributed by atoms with Gasteiger partial charge in [-0.3, -0.25) is 9.69 Å². The number of piperazine rings is 1. The van der Waals surface area contributed by atoms with Crippen LogP contribution >= 0.6 is 11.3 Å². The third-order valence-corrected chi connectivity index (χ3v) is 6.38. The summed E-state index contributed by atoms with van der Waals surface area (Å²) in [4.78, 5) is 37.8. The number of esters is 1. The number of ether oxygens (including phenoxy) is 1. The van der Waals surface area contributed by atoms with Gasteiger partial charge in [0.1, 0.15) is 5.69 Å². The zero-order valence-electron chi connectivity index (χ0n) is 17.8. The van der Waals surface area contributed by atoms with Gasteiger partial charge in [0.25, 0.3) is 5.91 Å². The number of hydrogen-bond acceptors (Lipinski definition) is 8. The number of nitrogens with zero attached hydrogens (tertiary/aromatic N) is 4. The van der Waals surface area contributed by atoms with Crippen molar-refractivity contribution in [3.8, 4) is 10.7 Å². The lowest BCUT2D eigenvalue weighted by Gasteiger charge is -2.33. The first-order valence-corrected chi connectivity index (χ1v) is 11.1. The van der Waals surface area contributed by atoms with Crippen molar-refractivity contribution in [1.82, 2.24) is 24.9 Å². The van der Waals surface area contributed by atoms with Crippen LogP contribution in [0.3, 0.4) is 0 Å². The third kappa shape index (κ3) is 4.26. The van der Waals surface area contributed by atoms with Gasteiger partial charge in [-0.05, 0) is 30.4 Å². The minimum atomic E-state index is -0.420. The van der Waals surface area contributed by atoms with E-state index >= 15 is 0 Å². The Kier molecular flexibility index (Phi) is 6.19. The lowest BCUT2D eigenvalue weighted by atomic mass is 10.1. The smallest absolute Gasteiger partial charge is 0.339 e. The maximum absolute atomic E-state index is 13.1. The van der Waals surface area contributed by atoms with Crippen molar-refractivity contribution in [1.29, 1.82) is 0 Å². The van der Waals surface area contributed by atoms with Gasteiger partial charge in [-0.2, -0.15) is 4.98 Å². The predicted octanol–water partition coefficient (Wildman–Crippen LogP) is 2.74. The Bertz CT molecular complexity index is 1060. The van der Waals surface area contributed by atoms with Crippen LogP contribution in [0, 0.1) is 6.92 Å². The summed E-state index contributed by atoms with van der Waals surface area (Å²) in [5.74, 6) is 0.656. The number of amides is 1. The van der Waals surface area contributed by atoms with E-state index in [2.05, 4.69) is 20.0 Å². The number of nitrogens with one attached hydrogen (secondary N) is 1. The Morgan fingerprint density at radius 2 is 2.06 bits per heavy atom. The van der Waals surface area contributed by atoms with Crippen LogP contribution in [-0.2, 0) is 17.7 Å². The van der Waals surface area contributed by atoms with Crippen LogP contribution in [0.15, 0.2) is 22.0 Å². The van der Waals surface area contributed by atoms with Crippen LogP contribution in [0.2, 0.25) is 0 Å². The minimum Gasteiger partial charge on any atom is -0.465 e. The lowest BCUT2D eigenvalue weighted by Crippen LogP contribution is -2.48. The van der Waals surface area contributed by atoms with Crippen molar-refractivity contribution in [3.05, 3.63) is 45.9 Å². The van der Waals surface area contributed by atoms with Gasteiger partial charge in [0.15, 0.2) is 0 Å². The first-order chi connectivity index (χ1) is 15.0. The summed E-state index contributed by atoms with van der Waals surface area (Å²) in [5, 5.41) is 6.02. The molecule has 4 rings (SSSR count). The summed E-state index contributed by atoms with van der Waals surface area (Å²) in [7, 11) is 1.35. The van der Waals surface area contributed by atoms with E-state index in [1.807, 2.05) is 24.4 Å². The number of aromatic nitrogens is 3. The van der Waals surface area contributed by atoms with Gasteiger partial charge in [0.2, 0.25) is 11.7 Å². The normalized spacial score (nSPS) is 14.7. The Balaban J connectivity index is 1.38. The summed E-state index contributed by atoms with van der Waals surface area (Å²) >= 11 is 1.57. The van der Waals surface area contributed by atoms with Gasteiger partial charge in [-0.1, -0.05) is 18.1 Å². The molecule has 1 amide bonds. The standard InChI is InChI=1S/C21H25N5O4S/c1-4-14-17(21(28)29-3)13(2)18(22-14)20(27)26-9-7-25(8-10-26)12-16-23-19(24-30-16)15-6-5-11-31-15/h5-6,11,22H,4,7-10,12H2,1-3H3. The molecule has 0 radical (unpaired) electrons. The second-order valence-electron chi connectivity index (χ2n) is 7.38. The maximum Gasteiger partial charge on any atom is 0.339 e. The summed E-state index contributed by atoms with van der Waals surface area (Å²) in [6, 6.07) is 3.91. The van der Waals surface area contributed by atoms with Gasteiger partial charge >= 0.3 is 5.97 Å². The molecule has 10 heteroatoms. The zero-order valence-corrected chi connectivity index (χ0v) is 18.6. The molecule has 31 heavy (non-hydrogen) atoms. The molecule has 9 nitrogen and oxygen atoms in total. The van der Waals surface area contributed by atoms with E-state index in [1.165, 1.54) is 7.11 Å². The highest BCUT2D eigenvalue weighted by Crippen LogP contribution is 2.23. The Morgan fingerprint density at radius 3 is 2.71 bits per heavy atom. The second kappa shape index (κ2) is 9.03. The molecule has 0 aromatic carbocycles. The molecule has 0 aliphatic carbocycles. The molecule has 0 spiro atoms. The number of hydrogen-bond donors (Lipinski definition) is 1. The van der Waals surface area contributed by atoms with Crippen molar-refractivity contribution >= 4 is 23.2 Å². The number of aromatic amines is 1. The van der Waals surface area contributed by atoms with Crippen molar-refractivity contribution in [3.63, 3.8) is 0 Å². The van der Waals surface area contributed by atoms with Crippen molar-refractivity contribution < 1.29 is 18.8 Å². The Hall–Kier alpha value is -2.98. The average molecular weight is 444 g/mol. The fraction of sp³-hybridized carbons (Fsp3) is 0.429. The van der Waals surface area contributed by atoms with E-state index in [0.29, 0.717) is 67.7 Å². The van der Waals surface area contributed by atoms with E-state index in [-0.39, 0.29) is 5.91 Å². The molecule has 1 aliphatic rings. The van der Waals surface area contributed by atoms with Crippen LogP contribution in [0.4, 0.5) is 0 Å². The van der Waals surface area contributed by atoms with Crippen LogP contribution in [0.25, 0.3) is 10.7 Å². The molecule has 1 N–H and O–H groups in total. The molecule has 1 saturated heterocycles. The van der Waals surface area contributed by atoms with E-state index in [9.17, 15) is 9.59 Å². The fourth-order valence-electron chi connectivity index (χ4n) is 3.80. The Labute approximate surface area is 184 Å². The van der Waals surface area contributed by atoms with Crippen LogP contribution in [0.1, 0.15) is 44.9 Å². The Morgan fingerprint density at radius 1 is 1.29 bits per heavy atom. The summed E-state index contributed by atoms with van der Waals surface area (Å²) in [6.45, 7) is 6.84. The SMILES string of the molecule is CCc1[nH]c(C(=O)N2CCN(Cc3nc(-c4cccs4)no3)CC2)c(C)c1C(=O)OC. The van der Waals surface area contributed by atoms with E-state index in [4.69, 9.17) is 9.26 Å². The number of rotatable bonds is 6. The first-order valence-electron chi connectivity index (χ1n) is 10.2. The van der Waals surface area contributed by atoms with Crippen molar-refractivity contribution in [2.24, 2.45) is 0 Å². The molecule has 1 fully saturated rings. The molecule has 0 atom stereocenters. The molecule has 164 valence electrons. The average Bonchev–Trinajstić information content (AvgIpc) is 3.53. The first kappa shape index (κ1) is 21.3. The number of aryl methyl sites for hydroxylation is 1. The highest BCUT2D eigenvalue weighted by molar-refractivity contribution is 7.13. The summed E-state index contributed by atoms with van der Waals surface area (Å²) in [6.07, 6.45) is 0.615. The minimum absolute atomic E-state index is 0.0974. The van der Waals surface area contributed by atoms with Crippen LogP contribution < -0.4 is 0 Å². The number of methoxy groups -OCH3 is 1. The quantitative estimate of drug-likeness (QED) is 0.584. The highest BCUT2D eigenvalue weighted by Gasteiger charge is 2.29. The highest BCUT2D eigenvalue weighted by atomic mass is 32.1. The van der Waals surface area contributed by atoms with E-state index in [0.717, 1.165) is 10.6 Å². The van der Waals surface area contributed by atoms with Gasteiger partial charge in [-0.15, -0.1) is 11.3 Å². The van der Waals surface area contributed by atoms with Gasteiger partial charge in [0.05, 0.1) is 24.1 Å². The number of carbonyl (C=O) groups excluding carboxylic acids is 2. The number of carbonyl (C=O) groups is 2. The molecule has 0 saturated carbocycles. The fourth-order valence-corrected chi connectivity index (χ4v) is 4.45. The lowest BCUT2D eigenvalue weighted by molar-refractivity contribution is 0.0598. The molecule has 0 bridgehead atoms. The molecule has 1 aliphatic heterocycles. The molecule has 0 unspecified atom stereocenters. The number of thiophene rings is 1. The van der Waals surface area contributed by atoms with Gasteiger partial charge in [0, 0.05) is 31.9 Å². The molecular weight excluding hydrogens is 418 g/mol. The maximum atomic E-state index is 13.1. The van der Waals surface area contributed by atoms with Crippen LogP contribution in [0.5, 0.6) is 0 Å². The molecule has 4 heterocycles.